The molecule has 11 heteroatoms. The van der Waals surface area contributed by atoms with Crippen molar-refractivity contribution in [2.24, 2.45) is 5.73 Å². The van der Waals surface area contributed by atoms with E-state index >= 15 is 0 Å². The Morgan fingerprint density at radius 1 is 1.35 bits per heavy atom. The van der Waals surface area contributed by atoms with Crippen LogP contribution in [0.3, 0.4) is 0 Å². The number of carbonyl (C=O) groups is 3. The number of phenols is 1. The SMILES string of the molecule is CCC1(OC(=O)CCN)C(=O)OCC2=C1CC1=C(C2=O)N2Cc3c(cc(O)cc3[Si](C)(C)CCCC#N)C=C2N1. The summed E-state index contributed by atoms with van der Waals surface area (Å²) in [6.45, 7) is 6.54. The number of cyclic esters (lactones) is 1. The fourth-order valence-corrected chi connectivity index (χ4v) is 9.15. The standard InChI is InChI=1S/C29H34N4O6Si/c1-4-29(39-25(35)7-9-31)21-14-22-26(27(36)20(21)16-38-28(29)37)33-15-19-17(12-24(33)32-22)11-18(34)13-23(19)40(2,3)10-6-5-8-30/h11-13,32,34H,4-7,9-10,14-16,31H2,1-3H3. The molecule has 0 amide bonds. The first-order valence-electron chi connectivity index (χ1n) is 13.6. The largest absolute Gasteiger partial charge is 0.508 e. The van der Waals surface area contributed by atoms with Crippen LogP contribution in [0.4, 0.5) is 0 Å². The smallest absolute Gasteiger partial charge is 0.355 e. The van der Waals surface area contributed by atoms with Gasteiger partial charge in [-0.2, -0.15) is 5.26 Å². The van der Waals surface area contributed by atoms with E-state index in [1.807, 2.05) is 17.0 Å². The van der Waals surface area contributed by atoms with E-state index in [1.54, 1.807) is 13.0 Å². The van der Waals surface area contributed by atoms with Gasteiger partial charge in [-0.1, -0.05) is 31.2 Å². The van der Waals surface area contributed by atoms with Gasteiger partial charge < -0.3 is 30.5 Å². The molecule has 3 heterocycles. The van der Waals surface area contributed by atoms with Gasteiger partial charge in [-0.25, -0.2) is 4.79 Å². The second-order valence-corrected chi connectivity index (χ2v) is 16.1. The van der Waals surface area contributed by atoms with Crippen molar-refractivity contribution >= 4 is 37.1 Å². The molecule has 0 fully saturated rings. The van der Waals surface area contributed by atoms with Crippen molar-refractivity contribution in [2.45, 2.75) is 70.3 Å². The van der Waals surface area contributed by atoms with Gasteiger partial charge in [0.05, 0.1) is 27.1 Å². The lowest BCUT2D eigenvalue weighted by atomic mass is 9.78. The van der Waals surface area contributed by atoms with E-state index < -0.39 is 25.6 Å². The molecular weight excluding hydrogens is 528 g/mol. The molecule has 4 aliphatic rings. The lowest BCUT2D eigenvalue weighted by molar-refractivity contribution is -0.180. The Hall–Kier alpha value is -3.88. The number of hydrogen-bond donors (Lipinski definition) is 3. The Labute approximate surface area is 234 Å². The quantitative estimate of drug-likeness (QED) is 0.244. The van der Waals surface area contributed by atoms with Gasteiger partial charge in [0.1, 0.15) is 23.9 Å². The first kappa shape index (κ1) is 27.7. The molecule has 1 atom stereocenters. The van der Waals surface area contributed by atoms with Crippen LogP contribution in [-0.2, 0) is 30.4 Å². The summed E-state index contributed by atoms with van der Waals surface area (Å²) in [5.74, 6) is -0.665. The fourth-order valence-electron chi connectivity index (χ4n) is 6.24. The molecule has 0 saturated heterocycles. The molecule has 1 aromatic rings. The number of hydrogen-bond acceptors (Lipinski definition) is 10. The minimum Gasteiger partial charge on any atom is -0.508 e. The number of Topliss-reactive ketones (excluding diaryl/α,β-unsaturated/α-hetero) is 1. The number of ether oxygens (including phenoxy) is 2. The van der Waals surface area contributed by atoms with Gasteiger partial charge in [-0.05, 0) is 42.2 Å². The average molecular weight is 563 g/mol. The lowest BCUT2D eigenvalue weighted by Crippen LogP contribution is -2.51. The molecule has 0 bridgehead atoms. The summed E-state index contributed by atoms with van der Waals surface area (Å²) in [6, 6.07) is 6.69. The summed E-state index contributed by atoms with van der Waals surface area (Å²) in [5, 5.41) is 24.1. The van der Waals surface area contributed by atoms with Crippen LogP contribution in [0.25, 0.3) is 6.08 Å². The third-order valence-corrected chi connectivity index (χ3v) is 11.8. The second-order valence-electron chi connectivity index (χ2n) is 11.3. The van der Waals surface area contributed by atoms with Crippen LogP contribution in [0.5, 0.6) is 5.75 Å². The minimum absolute atomic E-state index is 0.0535. The molecule has 0 aromatic heterocycles. The number of rotatable bonds is 8. The number of nitrogens with zero attached hydrogens (tertiary/aromatic N) is 2. The van der Waals surface area contributed by atoms with Crippen LogP contribution in [0.2, 0.25) is 19.1 Å². The Kier molecular flexibility index (Phi) is 7.10. The number of unbranched alkanes of at least 4 members (excludes halogenated alkanes) is 1. The number of phenolic OH excluding ortho intramolecular Hbond substituents is 1. The third kappa shape index (κ3) is 4.41. The highest BCUT2D eigenvalue weighted by Gasteiger charge is 2.54. The molecule has 210 valence electrons. The Balaban J connectivity index is 1.51. The van der Waals surface area contributed by atoms with Crippen LogP contribution in [0.1, 0.15) is 50.2 Å². The fraction of sp³-hybridized carbons (Fsp3) is 0.448. The summed E-state index contributed by atoms with van der Waals surface area (Å²) in [4.78, 5) is 41.4. The number of nitrogens with one attached hydrogen (secondary N) is 1. The molecule has 1 aromatic carbocycles. The number of ketones is 1. The lowest BCUT2D eigenvalue weighted by Gasteiger charge is -2.39. The van der Waals surface area contributed by atoms with Crippen molar-refractivity contribution in [1.82, 2.24) is 10.2 Å². The monoisotopic (exact) mass is 562 g/mol. The summed E-state index contributed by atoms with van der Waals surface area (Å²) >= 11 is 0. The van der Waals surface area contributed by atoms with E-state index in [4.69, 9.17) is 20.5 Å². The summed E-state index contributed by atoms with van der Waals surface area (Å²) in [6.07, 6.45) is 3.52. The number of nitriles is 1. The van der Waals surface area contributed by atoms with Crippen molar-refractivity contribution in [3.8, 4) is 11.8 Å². The highest BCUT2D eigenvalue weighted by molar-refractivity contribution is 6.90. The summed E-state index contributed by atoms with van der Waals surface area (Å²) in [5.41, 5.74) is 7.72. The van der Waals surface area contributed by atoms with Gasteiger partial charge in [0.15, 0.2) is 0 Å². The van der Waals surface area contributed by atoms with Crippen LogP contribution >= 0.6 is 0 Å². The maximum Gasteiger partial charge on any atom is 0.355 e. The van der Waals surface area contributed by atoms with E-state index in [0.29, 0.717) is 41.3 Å². The molecule has 1 unspecified atom stereocenters. The number of benzene rings is 1. The predicted molar refractivity (Wildman–Crippen MR) is 149 cm³/mol. The van der Waals surface area contributed by atoms with Crippen LogP contribution in [0.15, 0.2) is 40.5 Å². The van der Waals surface area contributed by atoms with Gasteiger partial charge in [-0.15, -0.1) is 0 Å². The van der Waals surface area contributed by atoms with E-state index in [0.717, 1.165) is 28.8 Å². The van der Waals surface area contributed by atoms with Crippen molar-refractivity contribution in [3.63, 3.8) is 0 Å². The minimum atomic E-state index is -2.03. The molecule has 40 heavy (non-hydrogen) atoms. The first-order chi connectivity index (χ1) is 19.1. The molecule has 0 saturated carbocycles. The molecule has 4 N–H and O–H groups in total. The molecular formula is C29H34N4O6Si. The highest BCUT2D eigenvalue weighted by Crippen LogP contribution is 2.46. The van der Waals surface area contributed by atoms with E-state index in [2.05, 4.69) is 24.5 Å². The van der Waals surface area contributed by atoms with Crippen molar-refractivity contribution < 1.29 is 29.0 Å². The number of nitrogens with two attached hydrogens (primary N) is 1. The number of carbonyl (C=O) groups excluding carboxylic acids is 3. The normalized spacial score (nSPS) is 21.5. The Morgan fingerprint density at radius 2 is 2.12 bits per heavy atom. The topological polar surface area (TPSA) is 155 Å². The number of fused-ring (bicyclic) bond motifs is 3. The molecule has 3 aliphatic heterocycles. The summed E-state index contributed by atoms with van der Waals surface area (Å²) < 4.78 is 11.1. The molecule has 10 nitrogen and oxygen atoms in total. The van der Waals surface area contributed by atoms with E-state index in [1.165, 1.54) is 0 Å². The zero-order chi connectivity index (χ0) is 28.8. The maximum absolute atomic E-state index is 14.0. The van der Waals surface area contributed by atoms with Crippen molar-refractivity contribution in [2.75, 3.05) is 13.2 Å². The van der Waals surface area contributed by atoms with Gasteiger partial charge >= 0.3 is 11.9 Å². The predicted octanol–water partition coefficient (Wildman–Crippen LogP) is 2.41. The molecule has 5 rings (SSSR count). The van der Waals surface area contributed by atoms with Gasteiger partial charge in [-0.3, -0.25) is 9.59 Å². The summed E-state index contributed by atoms with van der Waals surface area (Å²) in [7, 11) is -2.03. The Bertz CT molecular complexity index is 1450. The zero-order valence-electron chi connectivity index (χ0n) is 23.1. The Morgan fingerprint density at radius 3 is 2.83 bits per heavy atom. The number of aromatic hydroxyl groups is 1. The van der Waals surface area contributed by atoms with E-state index in [-0.39, 0.29) is 43.9 Å². The maximum atomic E-state index is 14.0. The van der Waals surface area contributed by atoms with Crippen LogP contribution in [-0.4, -0.2) is 54.6 Å². The number of allylic oxidation sites excluding steroid dienone is 2. The first-order valence-corrected chi connectivity index (χ1v) is 16.9. The van der Waals surface area contributed by atoms with Gasteiger partial charge in [0.2, 0.25) is 11.4 Å². The van der Waals surface area contributed by atoms with Gasteiger partial charge in [0.25, 0.3) is 0 Å². The zero-order valence-corrected chi connectivity index (χ0v) is 24.1. The molecule has 0 spiro atoms. The molecule has 0 radical (unpaired) electrons. The third-order valence-electron chi connectivity index (χ3n) is 8.33. The van der Waals surface area contributed by atoms with Crippen molar-refractivity contribution in [3.05, 3.63) is 51.6 Å². The van der Waals surface area contributed by atoms with E-state index in [9.17, 15) is 19.5 Å². The van der Waals surface area contributed by atoms with Crippen LogP contribution < -0.4 is 16.2 Å². The highest BCUT2D eigenvalue weighted by atomic mass is 28.3. The van der Waals surface area contributed by atoms with Crippen molar-refractivity contribution in [1.29, 1.82) is 5.26 Å². The van der Waals surface area contributed by atoms with Crippen LogP contribution in [0, 0.1) is 11.3 Å². The number of esters is 2. The van der Waals surface area contributed by atoms with Gasteiger partial charge in [0, 0.05) is 36.2 Å². The average Bonchev–Trinajstić information content (AvgIpc) is 3.26. The second kappa shape index (κ2) is 10.3. The molecule has 1 aliphatic carbocycles.